The molecular weight excluding hydrogens is 403 g/mol. The predicted octanol–water partition coefficient (Wildman–Crippen LogP) is 2.96. The van der Waals surface area contributed by atoms with E-state index >= 15 is 0 Å². The third kappa shape index (κ3) is 5.95. The number of hydrogen-bond acceptors (Lipinski definition) is 7. The zero-order valence-corrected chi connectivity index (χ0v) is 18.2. The summed E-state index contributed by atoms with van der Waals surface area (Å²) < 4.78 is 7.02. The number of Topliss-reactive ketones (excluding diaryl/α,β-unsaturated/α-hetero) is 1. The van der Waals surface area contributed by atoms with Gasteiger partial charge in [0.05, 0.1) is 13.5 Å². The monoisotopic (exact) mass is 430 g/mol. The summed E-state index contributed by atoms with van der Waals surface area (Å²) in [6.45, 7) is 0.974. The van der Waals surface area contributed by atoms with Crippen molar-refractivity contribution in [1.29, 1.82) is 0 Å². The Balaban J connectivity index is 1.48. The number of aryl methyl sites for hydroxylation is 1. The van der Waals surface area contributed by atoms with E-state index in [0.29, 0.717) is 12.0 Å². The lowest BCUT2D eigenvalue weighted by atomic mass is 9.91. The summed E-state index contributed by atoms with van der Waals surface area (Å²) >= 11 is 0. The highest BCUT2D eigenvalue weighted by molar-refractivity contribution is 7.19. The number of aliphatic carboxylic acids is 1. The lowest BCUT2D eigenvalue weighted by Crippen LogP contribution is -2.12. The fraction of sp³-hybridized carbons (Fsp3) is 0.476. The molecule has 30 heavy (non-hydrogen) atoms. The van der Waals surface area contributed by atoms with Gasteiger partial charge in [0.25, 0.3) is 0 Å². The molecule has 3 heterocycles. The number of unbranched alkanes of at least 4 members (excludes halogenated alkanes) is 1. The van der Waals surface area contributed by atoms with E-state index in [4.69, 9.17) is 9.72 Å². The van der Waals surface area contributed by atoms with Crippen LogP contribution in [-0.2, 0) is 22.4 Å². The molecule has 1 aliphatic rings. The Morgan fingerprint density at radius 3 is 2.70 bits per heavy atom. The highest BCUT2D eigenvalue weighted by Crippen LogP contribution is 2.29. The number of carboxylic acid groups (broad SMARTS) is 1. The van der Waals surface area contributed by atoms with E-state index in [0.717, 1.165) is 43.7 Å². The number of hydrogen-bond donors (Lipinski definition) is 1. The van der Waals surface area contributed by atoms with Gasteiger partial charge in [-0.15, -0.1) is 0 Å². The van der Waals surface area contributed by atoms with Gasteiger partial charge in [0, 0.05) is 43.4 Å². The molecular formula is C21H27N4O4P. The number of nitrogens with zero attached hydrogens (tertiary/aromatic N) is 4. The van der Waals surface area contributed by atoms with Crippen LogP contribution in [0.2, 0.25) is 0 Å². The highest BCUT2D eigenvalue weighted by atomic mass is 31.0. The maximum Gasteiger partial charge on any atom is 0.316 e. The third-order valence-corrected chi connectivity index (χ3v) is 5.75. The number of carbonyl (C=O) groups is 2. The Morgan fingerprint density at radius 2 is 2.00 bits per heavy atom. The van der Waals surface area contributed by atoms with Crippen LogP contribution < -0.4 is 9.41 Å². The number of ketones is 1. The minimum absolute atomic E-state index is 0.0510. The molecule has 0 amide bonds. The van der Waals surface area contributed by atoms with Gasteiger partial charge in [0.15, 0.2) is 0 Å². The summed E-state index contributed by atoms with van der Waals surface area (Å²) in [5.41, 5.74) is 2.95. The Labute approximate surface area is 178 Å². The van der Waals surface area contributed by atoms with Gasteiger partial charge in [0.2, 0.25) is 0 Å². The number of methoxy groups -OCH3 is 1. The van der Waals surface area contributed by atoms with Crippen molar-refractivity contribution in [2.24, 2.45) is 0 Å². The lowest BCUT2D eigenvalue weighted by Gasteiger charge is -2.14. The molecule has 0 saturated carbocycles. The molecule has 0 radical (unpaired) electrons. The minimum atomic E-state index is -0.950. The second-order valence-electron chi connectivity index (χ2n) is 7.48. The largest absolute Gasteiger partial charge is 0.481 e. The zero-order valence-electron chi connectivity index (χ0n) is 17.1. The maximum atomic E-state index is 12.5. The zero-order chi connectivity index (χ0) is 21.5. The van der Waals surface area contributed by atoms with E-state index in [2.05, 4.69) is 36.2 Å². The summed E-state index contributed by atoms with van der Waals surface area (Å²) in [5.74, 6) is -0.302. The summed E-state index contributed by atoms with van der Waals surface area (Å²) in [6.07, 6.45) is 6.98. The van der Waals surface area contributed by atoms with E-state index in [-0.39, 0.29) is 24.6 Å². The first-order valence-electron chi connectivity index (χ1n) is 10.1. The lowest BCUT2D eigenvalue weighted by molar-refractivity contribution is -0.137. The van der Waals surface area contributed by atoms with Gasteiger partial charge in [0.1, 0.15) is 11.6 Å². The molecule has 2 atom stereocenters. The number of carbonyl (C=O) groups excluding carboxylic acids is 1. The molecule has 1 aliphatic heterocycles. The summed E-state index contributed by atoms with van der Waals surface area (Å²) in [5, 5.41) is 9.20. The van der Waals surface area contributed by atoms with Crippen LogP contribution in [0.4, 0.5) is 5.82 Å². The highest BCUT2D eigenvalue weighted by Gasteiger charge is 2.21. The van der Waals surface area contributed by atoms with Crippen molar-refractivity contribution in [2.75, 3.05) is 18.3 Å². The molecule has 8 nitrogen and oxygen atoms in total. The normalized spacial score (nSPS) is 13.7. The number of anilines is 1. The summed E-state index contributed by atoms with van der Waals surface area (Å²) in [6, 6.07) is 4.42. The van der Waals surface area contributed by atoms with Crippen LogP contribution in [0.5, 0.6) is 6.01 Å². The van der Waals surface area contributed by atoms with Crippen LogP contribution in [0, 0.1) is 0 Å². The second kappa shape index (κ2) is 10.4. The SMILES string of the molecule is COc1ncc([C@H](CC(=O)O)CC(=O)CCCCc2ccc3c(n2)N(P)CC3)cn1. The van der Waals surface area contributed by atoms with Crippen LogP contribution in [-0.4, -0.2) is 45.5 Å². The van der Waals surface area contributed by atoms with Gasteiger partial charge in [-0.05, 0) is 52.3 Å². The number of rotatable bonds is 11. The van der Waals surface area contributed by atoms with Crippen molar-refractivity contribution < 1.29 is 19.4 Å². The van der Waals surface area contributed by atoms with Crippen LogP contribution in [0.1, 0.15) is 54.8 Å². The summed E-state index contributed by atoms with van der Waals surface area (Å²) in [7, 11) is 4.16. The van der Waals surface area contributed by atoms with Gasteiger partial charge in [-0.3, -0.25) is 9.59 Å². The molecule has 0 spiro atoms. The Kier molecular flexibility index (Phi) is 7.69. The number of aromatic nitrogens is 3. The molecule has 3 rings (SSSR count). The van der Waals surface area contributed by atoms with E-state index in [1.54, 1.807) is 0 Å². The summed E-state index contributed by atoms with van der Waals surface area (Å²) in [4.78, 5) is 36.4. The van der Waals surface area contributed by atoms with E-state index in [9.17, 15) is 14.7 Å². The first kappa shape index (κ1) is 22.1. The maximum absolute atomic E-state index is 12.5. The topological polar surface area (TPSA) is 106 Å². The van der Waals surface area contributed by atoms with Crippen molar-refractivity contribution in [2.45, 2.75) is 50.9 Å². The number of carboxylic acids is 1. The van der Waals surface area contributed by atoms with Crippen LogP contribution in [0.3, 0.4) is 0 Å². The molecule has 0 aromatic carbocycles. The molecule has 160 valence electrons. The minimum Gasteiger partial charge on any atom is -0.481 e. The van der Waals surface area contributed by atoms with Crippen molar-refractivity contribution in [3.63, 3.8) is 0 Å². The Morgan fingerprint density at radius 1 is 1.23 bits per heavy atom. The van der Waals surface area contributed by atoms with Crippen molar-refractivity contribution in [3.8, 4) is 6.01 Å². The molecule has 2 aromatic rings. The fourth-order valence-corrected chi connectivity index (χ4v) is 3.97. The fourth-order valence-electron chi connectivity index (χ4n) is 3.61. The van der Waals surface area contributed by atoms with Crippen molar-refractivity contribution in [1.82, 2.24) is 15.0 Å². The van der Waals surface area contributed by atoms with E-state index in [1.165, 1.54) is 25.1 Å². The van der Waals surface area contributed by atoms with Gasteiger partial charge in [-0.1, -0.05) is 6.07 Å². The number of fused-ring (bicyclic) bond motifs is 1. The molecule has 0 fully saturated rings. The molecule has 0 bridgehead atoms. The quantitative estimate of drug-likeness (QED) is 0.429. The van der Waals surface area contributed by atoms with Crippen LogP contribution in [0.15, 0.2) is 24.5 Å². The second-order valence-corrected chi connectivity index (χ2v) is 8.10. The van der Waals surface area contributed by atoms with Gasteiger partial charge in [-0.2, -0.15) is 0 Å². The van der Waals surface area contributed by atoms with Crippen molar-refractivity contribution >= 4 is 27.0 Å². The Hall–Kier alpha value is -2.60. The molecule has 1 N–H and O–H groups in total. The number of pyridine rings is 1. The molecule has 9 heteroatoms. The van der Waals surface area contributed by atoms with Crippen LogP contribution in [0.25, 0.3) is 0 Å². The van der Waals surface area contributed by atoms with Gasteiger partial charge in [-0.25, -0.2) is 15.0 Å². The van der Waals surface area contributed by atoms with E-state index < -0.39 is 11.9 Å². The molecule has 1 unspecified atom stereocenters. The van der Waals surface area contributed by atoms with Crippen LogP contribution >= 0.6 is 9.39 Å². The third-order valence-electron chi connectivity index (χ3n) is 5.24. The van der Waals surface area contributed by atoms with Gasteiger partial charge < -0.3 is 14.5 Å². The first-order chi connectivity index (χ1) is 14.5. The average molecular weight is 430 g/mol. The molecule has 0 aliphatic carbocycles. The Bertz CT molecular complexity index is 891. The first-order valence-corrected chi connectivity index (χ1v) is 10.6. The van der Waals surface area contributed by atoms with Crippen molar-refractivity contribution in [3.05, 3.63) is 41.3 Å². The standard InChI is InChI=1S/C21H27N4O4P/c1-29-21-22-12-16(13-23-21)15(11-19(27)28)10-18(26)5-3-2-4-17-7-6-14-8-9-25(30)20(14)24-17/h6-7,12-13,15H,2-5,8-11,30H2,1H3,(H,27,28)/t15-/m0/s1. The van der Waals surface area contributed by atoms with E-state index in [1.807, 2.05) is 0 Å². The predicted molar refractivity (Wildman–Crippen MR) is 116 cm³/mol. The molecule has 0 saturated heterocycles. The number of ether oxygens (including phenoxy) is 1. The molecule has 2 aromatic heterocycles. The average Bonchev–Trinajstić information content (AvgIpc) is 3.11. The van der Waals surface area contributed by atoms with Gasteiger partial charge >= 0.3 is 12.0 Å². The smallest absolute Gasteiger partial charge is 0.316 e.